The SMILES string of the molecule is C=CCC(C(=O)N1CCOC1=O)N(C)C. The Bertz CT molecular complexity index is 276. The lowest BCUT2D eigenvalue weighted by atomic mass is 10.1. The highest BCUT2D eigenvalue weighted by Gasteiger charge is 2.33. The number of carbonyl (C=O) groups is 2. The van der Waals surface area contributed by atoms with E-state index in [4.69, 9.17) is 4.74 Å². The number of hydrogen-bond acceptors (Lipinski definition) is 4. The van der Waals surface area contributed by atoms with Crippen LogP contribution in [0, 0.1) is 0 Å². The standard InChI is InChI=1S/C10H16N2O3/c1-4-5-8(11(2)3)9(13)12-6-7-15-10(12)14/h4,8H,1,5-7H2,2-3H3. The minimum atomic E-state index is -0.545. The predicted octanol–water partition coefficient (Wildman–Crippen LogP) is 0.472. The minimum absolute atomic E-state index is 0.220. The maximum Gasteiger partial charge on any atom is 0.416 e. The van der Waals surface area contributed by atoms with Crippen LogP contribution in [0.3, 0.4) is 0 Å². The number of rotatable bonds is 4. The Hall–Kier alpha value is -1.36. The van der Waals surface area contributed by atoms with Gasteiger partial charge in [-0.15, -0.1) is 6.58 Å². The summed E-state index contributed by atoms with van der Waals surface area (Å²) in [4.78, 5) is 26.0. The second-order valence-corrected chi connectivity index (χ2v) is 3.61. The van der Waals surface area contributed by atoms with Crippen LogP contribution in [0.2, 0.25) is 0 Å². The van der Waals surface area contributed by atoms with E-state index in [1.165, 1.54) is 0 Å². The minimum Gasteiger partial charge on any atom is -0.447 e. The number of nitrogens with zero attached hydrogens (tertiary/aromatic N) is 2. The Labute approximate surface area is 89.3 Å². The molecular formula is C10H16N2O3. The van der Waals surface area contributed by atoms with Crippen LogP contribution in [0.1, 0.15) is 6.42 Å². The topological polar surface area (TPSA) is 49.9 Å². The second-order valence-electron chi connectivity index (χ2n) is 3.61. The summed E-state index contributed by atoms with van der Waals surface area (Å²) < 4.78 is 4.72. The molecule has 1 aliphatic rings. The molecule has 0 aromatic rings. The van der Waals surface area contributed by atoms with Gasteiger partial charge in [-0.1, -0.05) is 6.08 Å². The molecule has 15 heavy (non-hydrogen) atoms. The zero-order chi connectivity index (χ0) is 11.4. The van der Waals surface area contributed by atoms with Gasteiger partial charge in [0, 0.05) is 0 Å². The molecule has 0 radical (unpaired) electrons. The van der Waals surface area contributed by atoms with Gasteiger partial charge in [0.15, 0.2) is 0 Å². The van der Waals surface area contributed by atoms with E-state index in [-0.39, 0.29) is 11.9 Å². The Morgan fingerprint density at radius 2 is 2.40 bits per heavy atom. The van der Waals surface area contributed by atoms with E-state index in [0.29, 0.717) is 19.6 Å². The Balaban J connectivity index is 2.70. The third kappa shape index (κ3) is 2.56. The molecule has 5 nitrogen and oxygen atoms in total. The molecule has 1 rings (SSSR count). The zero-order valence-electron chi connectivity index (χ0n) is 9.10. The molecule has 84 valence electrons. The molecule has 0 N–H and O–H groups in total. The fraction of sp³-hybridized carbons (Fsp3) is 0.600. The molecule has 0 bridgehead atoms. The van der Waals surface area contributed by atoms with Crippen LogP contribution in [-0.2, 0) is 9.53 Å². The average Bonchev–Trinajstić information content (AvgIpc) is 2.59. The maximum absolute atomic E-state index is 11.9. The van der Waals surface area contributed by atoms with Gasteiger partial charge in [0.1, 0.15) is 6.61 Å². The van der Waals surface area contributed by atoms with Gasteiger partial charge in [0.2, 0.25) is 5.91 Å². The van der Waals surface area contributed by atoms with Crippen LogP contribution in [0.5, 0.6) is 0 Å². The van der Waals surface area contributed by atoms with Crippen LogP contribution < -0.4 is 0 Å². The average molecular weight is 212 g/mol. The number of hydrogen-bond donors (Lipinski definition) is 0. The summed E-state index contributed by atoms with van der Waals surface area (Å²) in [6.07, 6.45) is 1.65. The summed E-state index contributed by atoms with van der Waals surface area (Å²) in [6, 6.07) is -0.340. The van der Waals surface area contributed by atoms with Crippen LogP contribution in [0.25, 0.3) is 0 Å². The van der Waals surface area contributed by atoms with Crippen molar-refractivity contribution in [2.75, 3.05) is 27.2 Å². The van der Waals surface area contributed by atoms with Crippen LogP contribution in [-0.4, -0.2) is 55.1 Å². The first-order valence-electron chi connectivity index (χ1n) is 4.83. The van der Waals surface area contributed by atoms with E-state index in [2.05, 4.69) is 6.58 Å². The van der Waals surface area contributed by atoms with E-state index >= 15 is 0 Å². The van der Waals surface area contributed by atoms with Crippen molar-refractivity contribution in [1.29, 1.82) is 0 Å². The van der Waals surface area contributed by atoms with Crippen LogP contribution >= 0.6 is 0 Å². The predicted molar refractivity (Wildman–Crippen MR) is 55.4 cm³/mol. The number of ether oxygens (including phenoxy) is 1. The normalized spacial score (nSPS) is 17.8. The third-order valence-corrected chi connectivity index (χ3v) is 2.33. The Morgan fingerprint density at radius 1 is 1.73 bits per heavy atom. The van der Waals surface area contributed by atoms with E-state index in [0.717, 1.165) is 4.90 Å². The van der Waals surface area contributed by atoms with E-state index in [1.807, 2.05) is 0 Å². The first kappa shape index (κ1) is 11.7. The molecule has 0 aliphatic carbocycles. The van der Waals surface area contributed by atoms with Crippen molar-refractivity contribution >= 4 is 12.0 Å². The molecule has 2 amide bonds. The molecule has 1 aliphatic heterocycles. The lowest BCUT2D eigenvalue weighted by Gasteiger charge is -2.24. The molecule has 1 atom stereocenters. The smallest absolute Gasteiger partial charge is 0.416 e. The van der Waals surface area contributed by atoms with Crippen molar-refractivity contribution in [1.82, 2.24) is 9.80 Å². The molecular weight excluding hydrogens is 196 g/mol. The first-order valence-corrected chi connectivity index (χ1v) is 4.83. The number of carbonyl (C=O) groups excluding carboxylic acids is 2. The van der Waals surface area contributed by atoms with Crippen molar-refractivity contribution in [3.8, 4) is 0 Å². The van der Waals surface area contributed by atoms with Gasteiger partial charge in [0.05, 0.1) is 12.6 Å². The summed E-state index contributed by atoms with van der Waals surface area (Å²) in [5.41, 5.74) is 0. The lowest BCUT2D eigenvalue weighted by Crippen LogP contribution is -2.46. The summed E-state index contributed by atoms with van der Waals surface area (Å²) in [5.74, 6) is -0.220. The summed E-state index contributed by atoms with van der Waals surface area (Å²) in [7, 11) is 3.60. The van der Waals surface area contributed by atoms with Gasteiger partial charge in [-0.25, -0.2) is 9.69 Å². The number of amides is 2. The number of likely N-dealkylation sites (N-methyl/N-ethyl adjacent to an activating group) is 1. The summed E-state index contributed by atoms with van der Waals surface area (Å²) in [6.45, 7) is 4.23. The fourth-order valence-corrected chi connectivity index (χ4v) is 1.46. The fourth-order valence-electron chi connectivity index (χ4n) is 1.46. The van der Waals surface area contributed by atoms with Crippen molar-refractivity contribution in [3.05, 3.63) is 12.7 Å². The lowest BCUT2D eigenvalue weighted by molar-refractivity contribution is -0.132. The quantitative estimate of drug-likeness (QED) is 0.636. The van der Waals surface area contributed by atoms with Gasteiger partial charge < -0.3 is 4.74 Å². The van der Waals surface area contributed by atoms with Crippen LogP contribution in [0.15, 0.2) is 12.7 Å². The van der Waals surface area contributed by atoms with Gasteiger partial charge in [-0.05, 0) is 20.5 Å². The number of cyclic esters (lactones) is 1. The Morgan fingerprint density at radius 3 is 2.80 bits per heavy atom. The first-order chi connectivity index (χ1) is 7.07. The van der Waals surface area contributed by atoms with E-state index in [9.17, 15) is 9.59 Å². The molecule has 0 aromatic carbocycles. The monoisotopic (exact) mass is 212 g/mol. The van der Waals surface area contributed by atoms with Crippen molar-refractivity contribution < 1.29 is 14.3 Å². The highest BCUT2D eigenvalue weighted by molar-refractivity contribution is 5.95. The molecule has 1 unspecified atom stereocenters. The van der Waals surface area contributed by atoms with Gasteiger partial charge in [0.25, 0.3) is 0 Å². The molecule has 0 spiro atoms. The Kier molecular flexibility index (Phi) is 3.85. The van der Waals surface area contributed by atoms with Gasteiger partial charge >= 0.3 is 6.09 Å². The highest BCUT2D eigenvalue weighted by Crippen LogP contribution is 2.10. The van der Waals surface area contributed by atoms with Crippen LogP contribution in [0.4, 0.5) is 4.79 Å². The molecule has 1 fully saturated rings. The van der Waals surface area contributed by atoms with Crippen molar-refractivity contribution in [2.24, 2.45) is 0 Å². The van der Waals surface area contributed by atoms with Gasteiger partial charge in [-0.3, -0.25) is 9.69 Å². The molecule has 1 saturated heterocycles. The zero-order valence-corrected chi connectivity index (χ0v) is 9.10. The van der Waals surface area contributed by atoms with E-state index in [1.54, 1.807) is 25.1 Å². The largest absolute Gasteiger partial charge is 0.447 e. The molecule has 1 heterocycles. The third-order valence-electron chi connectivity index (χ3n) is 2.33. The molecule has 0 aromatic heterocycles. The number of imide groups is 1. The maximum atomic E-state index is 11.9. The molecule has 0 saturated carbocycles. The second kappa shape index (κ2) is 4.93. The molecule has 5 heteroatoms. The van der Waals surface area contributed by atoms with Crippen molar-refractivity contribution in [2.45, 2.75) is 12.5 Å². The van der Waals surface area contributed by atoms with Crippen molar-refractivity contribution in [3.63, 3.8) is 0 Å². The highest BCUT2D eigenvalue weighted by atomic mass is 16.6. The van der Waals surface area contributed by atoms with Gasteiger partial charge in [-0.2, -0.15) is 0 Å². The summed E-state index contributed by atoms with van der Waals surface area (Å²) in [5, 5.41) is 0. The summed E-state index contributed by atoms with van der Waals surface area (Å²) >= 11 is 0. The van der Waals surface area contributed by atoms with E-state index < -0.39 is 6.09 Å².